The topological polar surface area (TPSA) is 37.3 Å². The number of unbranched alkanes of at least 4 members (excludes halogenated alkanes) is 13. The monoisotopic (exact) mass is 294 g/mol. The van der Waals surface area contributed by atoms with Gasteiger partial charge in [0.05, 0.1) is 0 Å². The number of carboxylic acids is 1. The van der Waals surface area contributed by atoms with Crippen LogP contribution in [0, 0.1) is 0 Å². The van der Waals surface area contributed by atoms with Crippen LogP contribution in [0.1, 0.15) is 105 Å². The predicted octanol–water partition coefficient (Wildman–Crippen LogP) is 3.06. The van der Waals surface area contributed by atoms with Gasteiger partial charge in [-0.15, -0.1) is 0 Å². The smallest absolute Gasteiger partial charge is 1.00 e. The standard InChI is InChI=1S/C17H34O2.Na.H/c1-2-3-4-5-6-7-8-9-10-11-12-13-14-15-16-17(18)19;;/h2-16H2,1H3,(H,18,19);;/q;+1;-1. The first kappa shape index (κ1) is 22.7. The van der Waals surface area contributed by atoms with Crippen molar-refractivity contribution in [2.75, 3.05) is 0 Å². The Morgan fingerprint density at radius 3 is 1.30 bits per heavy atom. The second kappa shape index (κ2) is 19.5. The molecule has 0 atom stereocenters. The molecule has 0 aromatic carbocycles. The molecule has 0 rings (SSSR count). The normalized spacial score (nSPS) is 10.2. The molecule has 0 bridgehead atoms. The fourth-order valence-electron chi connectivity index (χ4n) is 2.47. The van der Waals surface area contributed by atoms with Crippen molar-refractivity contribution in [3.05, 3.63) is 0 Å². The van der Waals surface area contributed by atoms with Crippen molar-refractivity contribution < 1.29 is 40.9 Å². The fourth-order valence-corrected chi connectivity index (χ4v) is 2.47. The summed E-state index contributed by atoms with van der Waals surface area (Å²) >= 11 is 0. The number of aliphatic carboxylic acids is 1. The molecule has 0 saturated carbocycles. The molecule has 0 aliphatic heterocycles. The summed E-state index contributed by atoms with van der Waals surface area (Å²) in [5.41, 5.74) is 0. The number of rotatable bonds is 15. The number of carbonyl (C=O) groups is 1. The molecule has 3 heteroatoms. The van der Waals surface area contributed by atoms with Crippen LogP contribution in [0.2, 0.25) is 0 Å². The summed E-state index contributed by atoms with van der Waals surface area (Å²) in [4.78, 5) is 10.3. The Kier molecular flexibility index (Phi) is 22.1. The van der Waals surface area contributed by atoms with E-state index in [1.54, 1.807) is 0 Å². The molecule has 0 amide bonds. The van der Waals surface area contributed by atoms with Gasteiger partial charge in [0.2, 0.25) is 0 Å². The molecule has 0 heterocycles. The van der Waals surface area contributed by atoms with Crippen molar-refractivity contribution in [1.29, 1.82) is 0 Å². The zero-order chi connectivity index (χ0) is 14.2. The average molecular weight is 294 g/mol. The van der Waals surface area contributed by atoms with Crippen molar-refractivity contribution >= 4 is 5.97 Å². The Hall–Kier alpha value is 0.470. The molecule has 0 spiro atoms. The summed E-state index contributed by atoms with van der Waals surface area (Å²) < 4.78 is 0. The van der Waals surface area contributed by atoms with Crippen LogP contribution >= 0.6 is 0 Å². The van der Waals surface area contributed by atoms with E-state index in [0.717, 1.165) is 12.8 Å². The summed E-state index contributed by atoms with van der Waals surface area (Å²) in [5.74, 6) is -0.654. The van der Waals surface area contributed by atoms with E-state index in [0.29, 0.717) is 6.42 Å². The molecule has 0 aliphatic rings. The first-order valence-electron chi connectivity index (χ1n) is 8.49. The van der Waals surface area contributed by atoms with Crippen molar-refractivity contribution in [2.24, 2.45) is 0 Å². The summed E-state index contributed by atoms with van der Waals surface area (Å²) in [6, 6.07) is 0. The molecule has 0 fully saturated rings. The Bertz CT molecular complexity index is 201. The van der Waals surface area contributed by atoms with Crippen LogP contribution in [0.5, 0.6) is 0 Å². The number of carboxylic acid groups (broad SMARTS) is 1. The third kappa shape index (κ3) is 20.8. The SMILES string of the molecule is CCCCCCCCCCCCCCCCC(=O)O.[H-].[Na+]. The average Bonchev–Trinajstić information content (AvgIpc) is 2.39. The van der Waals surface area contributed by atoms with Crippen LogP contribution in [-0.4, -0.2) is 11.1 Å². The molecular formula is C17H35NaO2. The largest absolute Gasteiger partial charge is 1.00 e. The van der Waals surface area contributed by atoms with Crippen LogP contribution in [-0.2, 0) is 4.79 Å². The van der Waals surface area contributed by atoms with E-state index >= 15 is 0 Å². The minimum atomic E-state index is -0.654. The molecule has 0 unspecified atom stereocenters. The third-order valence-corrected chi connectivity index (χ3v) is 3.74. The van der Waals surface area contributed by atoms with E-state index in [4.69, 9.17) is 5.11 Å². The van der Waals surface area contributed by atoms with Gasteiger partial charge < -0.3 is 6.53 Å². The summed E-state index contributed by atoms with van der Waals surface area (Å²) in [5, 5.41) is 8.50. The molecule has 0 saturated heterocycles. The molecule has 2 nitrogen and oxygen atoms in total. The molecule has 0 aromatic rings. The minimum Gasteiger partial charge on any atom is -1.00 e. The molecule has 0 aliphatic carbocycles. The number of hydrogen-bond acceptors (Lipinski definition) is 1. The van der Waals surface area contributed by atoms with Gasteiger partial charge in [-0.05, 0) is 6.42 Å². The zero-order valence-corrected chi connectivity index (χ0v) is 16.0. The molecule has 0 radical (unpaired) electrons. The van der Waals surface area contributed by atoms with Gasteiger partial charge in [0, 0.05) is 6.42 Å². The van der Waals surface area contributed by atoms with Gasteiger partial charge in [-0.3, -0.25) is 4.79 Å². The molecule has 0 aromatic heterocycles. The van der Waals surface area contributed by atoms with Crippen molar-refractivity contribution in [3.8, 4) is 0 Å². The van der Waals surface area contributed by atoms with Gasteiger partial charge >= 0.3 is 35.5 Å². The van der Waals surface area contributed by atoms with E-state index in [1.165, 1.54) is 77.0 Å². The second-order valence-corrected chi connectivity index (χ2v) is 5.74. The molecule has 116 valence electrons. The van der Waals surface area contributed by atoms with Gasteiger partial charge in [0.1, 0.15) is 0 Å². The first-order chi connectivity index (χ1) is 9.27. The van der Waals surface area contributed by atoms with E-state index < -0.39 is 5.97 Å². The van der Waals surface area contributed by atoms with Gasteiger partial charge in [0.25, 0.3) is 0 Å². The van der Waals surface area contributed by atoms with Gasteiger partial charge in [0.15, 0.2) is 0 Å². The Morgan fingerprint density at radius 1 is 0.700 bits per heavy atom. The Morgan fingerprint density at radius 2 is 1.00 bits per heavy atom. The maximum atomic E-state index is 10.3. The maximum absolute atomic E-state index is 10.3. The van der Waals surface area contributed by atoms with E-state index in [2.05, 4.69) is 6.92 Å². The third-order valence-electron chi connectivity index (χ3n) is 3.74. The second-order valence-electron chi connectivity index (χ2n) is 5.74. The van der Waals surface area contributed by atoms with Gasteiger partial charge in [-0.1, -0.05) is 90.4 Å². The Balaban J connectivity index is -0.00000162. The summed E-state index contributed by atoms with van der Waals surface area (Å²) in [7, 11) is 0. The van der Waals surface area contributed by atoms with Crippen molar-refractivity contribution in [1.82, 2.24) is 0 Å². The zero-order valence-electron chi connectivity index (χ0n) is 15.0. The van der Waals surface area contributed by atoms with Crippen LogP contribution in [0.4, 0.5) is 0 Å². The predicted molar refractivity (Wildman–Crippen MR) is 83.7 cm³/mol. The van der Waals surface area contributed by atoms with Crippen molar-refractivity contribution in [2.45, 2.75) is 103 Å². The Labute approximate surface area is 149 Å². The first-order valence-corrected chi connectivity index (χ1v) is 8.49. The van der Waals surface area contributed by atoms with Crippen LogP contribution in [0.3, 0.4) is 0 Å². The summed E-state index contributed by atoms with van der Waals surface area (Å²) in [6.45, 7) is 2.27. The van der Waals surface area contributed by atoms with Gasteiger partial charge in [-0.25, -0.2) is 0 Å². The van der Waals surface area contributed by atoms with E-state index in [9.17, 15) is 4.79 Å². The van der Waals surface area contributed by atoms with E-state index in [1.807, 2.05) is 0 Å². The fraction of sp³-hybridized carbons (Fsp3) is 0.941. The molecule has 1 N–H and O–H groups in total. The van der Waals surface area contributed by atoms with Crippen LogP contribution in [0.25, 0.3) is 0 Å². The van der Waals surface area contributed by atoms with E-state index in [-0.39, 0.29) is 31.0 Å². The number of hydrogen-bond donors (Lipinski definition) is 1. The maximum Gasteiger partial charge on any atom is 1.00 e. The minimum absolute atomic E-state index is 0. The quantitative estimate of drug-likeness (QED) is 0.372. The van der Waals surface area contributed by atoms with Crippen molar-refractivity contribution in [3.63, 3.8) is 0 Å². The molecular weight excluding hydrogens is 259 g/mol. The van der Waals surface area contributed by atoms with Crippen LogP contribution < -0.4 is 29.6 Å². The van der Waals surface area contributed by atoms with Crippen LogP contribution in [0.15, 0.2) is 0 Å². The molecule has 20 heavy (non-hydrogen) atoms. The van der Waals surface area contributed by atoms with Gasteiger partial charge in [-0.2, -0.15) is 0 Å². The summed E-state index contributed by atoms with van der Waals surface area (Å²) in [6.07, 6.45) is 18.7.